The molecule has 1 N–H and O–H groups in total. The lowest BCUT2D eigenvalue weighted by molar-refractivity contribution is -0.0175. The highest BCUT2D eigenvalue weighted by Crippen LogP contribution is 2.28. The Kier molecular flexibility index (Phi) is 8.90. The standard InChI is InChI=1S/C30H33BrF2N6O/c1-36(19-30(40,20-39-22-34-21-35-39)28-11-8-26(32)16-29(28)33)17-23-4-9-27(10-5-23)38-14-12-37(13-15-38)18-24-2-6-25(31)7-3-24/h2-11,16,21-22,40H,12-15,17-20H2,1H3. The Morgan fingerprint density at radius 1 is 0.950 bits per heavy atom. The number of piperazine rings is 1. The molecule has 2 heterocycles. The first-order chi connectivity index (χ1) is 19.3. The van der Waals surface area contributed by atoms with E-state index in [1.54, 1.807) is 0 Å². The van der Waals surface area contributed by atoms with Crippen LogP contribution in [0.25, 0.3) is 0 Å². The predicted molar refractivity (Wildman–Crippen MR) is 155 cm³/mol. The Morgan fingerprint density at radius 3 is 2.30 bits per heavy atom. The van der Waals surface area contributed by atoms with Crippen molar-refractivity contribution in [1.29, 1.82) is 0 Å². The van der Waals surface area contributed by atoms with Gasteiger partial charge in [0.15, 0.2) is 0 Å². The second kappa shape index (κ2) is 12.6. The number of aromatic nitrogens is 3. The summed E-state index contributed by atoms with van der Waals surface area (Å²) in [5.41, 5.74) is 1.95. The van der Waals surface area contributed by atoms with E-state index in [1.807, 2.05) is 11.9 Å². The lowest BCUT2D eigenvalue weighted by atomic mass is 9.92. The molecule has 40 heavy (non-hydrogen) atoms. The maximum absolute atomic E-state index is 14.7. The maximum Gasteiger partial charge on any atom is 0.137 e. The van der Waals surface area contributed by atoms with E-state index < -0.39 is 17.2 Å². The van der Waals surface area contributed by atoms with Gasteiger partial charge in [0.05, 0.1) is 6.54 Å². The van der Waals surface area contributed by atoms with E-state index in [1.165, 1.54) is 34.7 Å². The first-order valence-electron chi connectivity index (χ1n) is 13.3. The molecule has 0 aliphatic carbocycles. The van der Waals surface area contributed by atoms with Crippen molar-refractivity contribution in [2.45, 2.75) is 25.2 Å². The number of aliphatic hydroxyl groups is 1. The molecule has 1 aliphatic heterocycles. The molecular formula is C30H33BrF2N6O. The number of hydrogen-bond acceptors (Lipinski definition) is 6. The molecule has 0 spiro atoms. The van der Waals surface area contributed by atoms with E-state index in [4.69, 9.17) is 0 Å². The Labute approximate surface area is 241 Å². The summed E-state index contributed by atoms with van der Waals surface area (Å²) in [7, 11) is 1.87. The van der Waals surface area contributed by atoms with Gasteiger partial charge in [-0.2, -0.15) is 5.10 Å². The average molecular weight is 612 g/mol. The second-order valence-corrected chi connectivity index (χ2v) is 11.4. The quantitative estimate of drug-likeness (QED) is 0.282. The smallest absolute Gasteiger partial charge is 0.137 e. The lowest BCUT2D eigenvalue weighted by Gasteiger charge is -2.36. The van der Waals surface area contributed by atoms with Gasteiger partial charge >= 0.3 is 0 Å². The molecule has 1 atom stereocenters. The third-order valence-corrected chi connectivity index (χ3v) is 7.83. The van der Waals surface area contributed by atoms with E-state index in [9.17, 15) is 13.9 Å². The molecular weight excluding hydrogens is 578 g/mol. The molecule has 7 nitrogen and oxygen atoms in total. The minimum atomic E-state index is -1.64. The monoisotopic (exact) mass is 610 g/mol. The van der Waals surface area contributed by atoms with Gasteiger partial charge in [0.2, 0.25) is 0 Å². The fourth-order valence-electron chi connectivity index (χ4n) is 5.31. The molecule has 10 heteroatoms. The Balaban J connectivity index is 1.19. The molecule has 1 unspecified atom stereocenters. The lowest BCUT2D eigenvalue weighted by Crippen LogP contribution is -2.46. The van der Waals surface area contributed by atoms with Gasteiger partial charge in [-0.05, 0) is 48.5 Å². The maximum atomic E-state index is 14.7. The highest BCUT2D eigenvalue weighted by atomic mass is 79.9. The van der Waals surface area contributed by atoms with Crippen molar-refractivity contribution in [2.75, 3.05) is 44.7 Å². The SMILES string of the molecule is CN(Cc1ccc(N2CCN(Cc3ccc(Br)cc3)CC2)cc1)CC(O)(Cn1cncn1)c1ccc(F)cc1F. The first-order valence-corrected chi connectivity index (χ1v) is 14.1. The van der Waals surface area contributed by atoms with Crippen molar-refractivity contribution in [3.05, 3.63) is 112 Å². The topological polar surface area (TPSA) is 60.7 Å². The third-order valence-electron chi connectivity index (χ3n) is 7.30. The zero-order valence-electron chi connectivity index (χ0n) is 22.4. The van der Waals surface area contributed by atoms with Crippen LogP contribution in [-0.4, -0.2) is 69.4 Å². The predicted octanol–water partition coefficient (Wildman–Crippen LogP) is 4.66. The third kappa shape index (κ3) is 7.11. The Bertz CT molecular complexity index is 1380. The summed E-state index contributed by atoms with van der Waals surface area (Å²) in [4.78, 5) is 10.7. The van der Waals surface area contributed by atoms with Crippen LogP contribution in [0.4, 0.5) is 14.5 Å². The van der Waals surface area contributed by atoms with Crippen LogP contribution < -0.4 is 4.90 Å². The fraction of sp³-hybridized carbons (Fsp3) is 0.333. The minimum absolute atomic E-state index is 0.0193. The first kappa shape index (κ1) is 28.4. The molecule has 0 saturated carbocycles. The Hall–Kier alpha value is -3.18. The van der Waals surface area contributed by atoms with Gasteiger partial charge in [0, 0.05) is 67.6 Å². The van der Waals surface area contributed by atoms with Crippen LogP contribution in [0.2, 0.25) is 0 Å². The number of benzene rings is 3. The van der Waals surface area contributed by atoms with Crippen LogP contribution in [0.15, 0.2) is 83.9 Å². The molecule has 5 rings (SSSR count). The number of anilines is 1. The Morgan fingerprint density at radius 2 is 1.65 bits per heavy atom. The second-order valence-electron chi connectivity index (χ2n) is 10.5. The van der Waals surface area contributed by atoms with Gasteiger partial charge in [-0.25, -0.2) is 18.4 Å². The summed E-state index contributed by atoms with van der Waals surface area (Å²) >= 11 is 3.50. The highest BCUT2D eigenvalue weighted by Gasteiger charge is 2.35. The summed E-state index contributed by atoms with van der Waals surface area (Å²) in [6.07, 6.45) is 2.82. The molecule has 0 amide bonds. The van der Waals surface area contributed by atoms with Crippen molar-refractivity contribution >= 4 is 21.6 Å². The van der Waals surface area contributed by atoms with Gasteiger partial charge in [0.1, 0.15) is 29.9 Å². The molecule has 1 fully saturated rings. The number of rotatable bonds is 10. The van der Waals surface area contributed by atoms with Crippen molar-refractivity contribution in [3.63, 3.8) is 0 Å². The largest absolute Gasteiger partial charge is 0.382 e. The summed E-state index contributed by atoms with van der Waals surface area (Å²) in [6, 6.07) is 20.2. The molecule has 1 aliphatic rings. The molecule has 210 valence electrons. The number of nitrogens with zero attached hydrogens (tertiary/aromatic N) is 6. The van der Waals surface area contributed by atoms with Crippen molar-refractivity contribution in [3.8, 4) is 0 Å². The van der Waals surface area contributed by atoms with E-state index >= 15 is 0 Å². The van der Waals surface area contributed by atoms with Crippen molar-refractivity contribution in [2.24, 2.45) is 0 Å². The molecule has 4 aromatic rings. The highest BCUT2D eigenvalue weighted by molar-refractivity contribution is 9.10. The van der Waals surface area contributed by atoms with Crippen LogP contribution in [0.1, 0.15) is 16.7 Å². The zero-order chi connectivity index (χ0) is 28.1. The average Bonchev–Trinajstić information content (AvgIpc) is 3.43. The number of hydrogen-bond donors (Lipinski definition) is 1. The van der Waals surface area contributed by atoms with Gasteiger partial charge in [-0.1, -0.05) is 46.3 Å². The fourth-order valence-corrected chi connectivity index (χ4v) is 5.57. The molecule has 1 aromatic heterocycles. The van der Waals surface area contributed by atoms with E-state index in [-0.39, 0.29) is 18.7 Å². The summed E-state index contributed by atoms with van der Waals surface area (Å²) < 4.78 is 30.9. The molecule has 1 saturated heterocycles. The van der Waals surface area contributed by atoms with E-state index in [2.05, 4.69) is 84.3 Å². The van der Waals surface area contributed by atoms with Crippen molar-refractivity contribution < 1.29 is 13.9 Å². The van der Waals surface area contributed by atoms with Crippen LogP contribution in [0.5, 0.6) is 0 Å². The van der Waals surface area contributed by atoms with Gasteiger partial charge < -0.3 is 10.0 Å². The van der Waals surface area contributed by atoms with Crippen molar-refractivity contribution in [1.82, 2.24) is 24.6 Å². The molecule has 0 radical (unpaired) electrons. The summed E-state index contributed by atoms with van der Waals surface area (Å²) in [6.45, 7) is 5.53. The van der Waals surface area contributed by atoms with Crippen LogP contribution in [0.3, 0.4) is 0 Å². The van der Waals surface area contributed by atoms with E-state index in [0.717, 1.165) is 54.9 Å². The number of likely N-dealkylation sites (N-methyl/N-ethyl adjacent to an activating group) is 1. The summed E-state index contributed by atoms with van der Waals surface area (Å²) in [5, 5.41) is 15.7. The van der Waals surface area contributed by atoms with Crippen LogP contribution >= 0.6 is 15.9 Å². The van der Waals surface area contributed by atoms with Gasteiger partial charge in [0.25, 0.3) is 0 Å². The molecule has 0 bridgehead atoms. The number of halogens is 3. The van der Waals surface area contributed by atoms with Crippen LogP contribution in [0, 0.1) is 11.6 Å². The van der Waals surface area contributed by atoms with E-state index in [0.29, 0.717) is 6.54 Å². The molecule has 3 aromatic carbocycles. The van der Waals surface area contributed by atoms with Gasteiger partial charge in [-0.3, -0.25) is 9.80 Å². The zero-order valence-corrected chi connectivity index (χ0v) is 24.0. The van der Waals surface area contributed by atoms with Crippen LogP contribution in [-0.2, 0) is 25.2 Å². The van der Waals surface area contributed by atoms with Gasteiger partial charge in [-0.15, -0.1) is 0 Å². The summed E-state index contributed by atoms with van der Waals surface area (Å²) in [5.74, 6) is -1.49. The normalized spacial score (nSPS) is 15.9. The minimum Gasteiger partial charge on any atom is -0.382 e.